The summed E-state index contributed by atoms with van der Waals surface area (Å²) in [5, 5.41) is 17.6. The predicted octanol–water partition coefficient (Wildman–Crippen LogP) is 2.76. The maximum Gasteiger partial charge on any atom is 0.329 e. The van der Waals surface area contributed by atoms with Crippen LogP contribution in [0.2, 0.25) is 0 Å². The minimum absolute atomic E-state index is 0.0704. The lowest BCUT2D eigenvalue weighted by Gasteiger charge is -2.29. The van der Waals surface area contributed by atoms with Crippen molar-refractivity contribution in [3.63, 3.8) is 0 Å². The second-order valence-electron chi connectivity index (χ2n) is 9.99. The van der Waals surface area contributed by atoms with Crippen molar-refractivity contribution in [2.45, 2.75) is 97.4 Å². The van der Waals surface area contributed by atoms with E-state index in [2.05, 4.69) is 28.9 Å². The lowest BCUT2D eigenvalue weighted by atomic mass is 9.94. The summed E-state index contributed by atoms with van der Waals surface area (Å²) < 4.78 is 5.87. The Morgan fingerprint density at radius 3 is 2.38 bits per heavy atom. The van der Waals surface area contributed by atoms with Crippen LogP contribution in [0.3, 0.4) is 0 Å². The Hall–Kier alpha value is -3.41. The largest absolute Gasteiger partial charge is 0.460 e. The summed E-state index contributed by atoms with van der Waals surface area (Å²) in [6.07, 6.45) is 2.50. The van der Waals surface area contributed by atoms with Gasteiger partial charge in [-0.05, 0) is 36.8 Å². The van der Waals surface area contributed by atoms with E-state index in [9.17, 15) is 24.4 Å². The average Bonchev–Trinajstić information content (AvgIpc) is 2.88. The van der Waals surface area contributed by atoms with Crippen LogP contribution in [0.5, 0.6) is 0 Å². The molecule has 0 bridgehead atoms. The molecule has 0 saturated carbocycles. The molecule has 0 aliphatic carbocycles. The third kappa shape index (κ3) is 8.59. The molecule has 1 fully saturated rings. The number of ether oxygens (including phenoxy) is 1. The maximum atomic E-state index is 13.2. The first kappa shape index (κ1) is 29.8. The summed E-state index contributed by atoms with van der Waals surface area (Å²) in [5.74, 6) is -2.40. The number of nitrogens with one attached hydrogen (secondary N) is 3. The van der Waals surface area contributed by atoms with Gasteiger partial charge in [0.15, 0.2) is 0 Å². The molecular formula is C28H40N4O5. The van der Waals surface area contributed by atoms with E-state index in [1.165, 1.54) is 6.92 Å². The molecule has 37 heavy (non-hydrogen) atoms. The summed E-state index contributed by atoms with van der Waals surface area (Å²) >= 11 is 0. The van der Waals surface area contributed by atoms with Crippen LogP contribution in [-0.2, 0) is 30.3 Å². The van der Waals surface area contributed by atoms with Crippen molar-refractivity contribution in [3.8, 4) is 6.07 Å². The summed E-state index contributed by atoms with van der Waals surface area (Å²) in [5.41, 5.74) is 0.998. The van der Waals surface area contributed by atoms with E-state index in [4.69, 9.17) is 4.74 Å². The Labute approximate surface area is 219 Å². The van der Waals surface area contributed by atoms with Crippen molar-refractivity contribution in [3.05, 3.63) is 35.4 Å². The van der Waals surface area contributed by atoms with Gasteiger partial charge in [-0.1, -0.05) is 65.2 Å². The summed E-state index contributed by atoms with van der Waals surface area (Å²) in [4.78, 5) is 52.6. The zero-order valence-electron chi connectivity index (χ0n) is 22.5. The van der Waals surface area contributed by atoms with Crippen molar-refractivity contribution in [1.82, 2.24) is 16.0 Å². The fraction of sp³-hybridized carbons (Fsp3) is 0.607. The molecule has 0 unspecified atom stereocenters. The smallest absolute Gasteiger partial charge is 0.329 e. The average molecular weight is 513 g/mol. The zero-order chi connectivity index (χ0) is 27.5. The normalized spacial score (nSPS) is 25.1. The first-order chi connectivity index (χ1) is 17.6. The van der Waals surface area contributed by atoms with Crippen LogP contribution in [0.15, 0.2) is 24.3 Å². The van der Waals surface area contributed by atoms with Gasteiger partial charge >= 0.3 is 5.97 Å². The number of esters is 1. The molecule has 1 aromatic rings. The number of rotatable bonds is 8. The number of benzene rings is 1. The molecule has 1 aliphatic heterocycles. The molecule has 0 spiro atoms. The number of nitrogens with zero attached hydrogens (tertiary/aromatic N) is 1. The Morgan fingerprint density at radius 1 is 1.03 bits per heavy atom. The highest BCUT2D eigenvalue weighted by atomic mass is 16.5. The molecule has 1 aliphatic rings. The first-order valence-corrected chi connectivity index (χ1v) is 13.2. The Balaban J connectivity index is 2.42. The number of nitriles is 1. The number of hydrogen-bond acceptors (Lipinski definition) is 6. The van der Waals surface area contributed by atoms with Crippen molar-refractivity contribution < 1.29 is 23.9 Å². The van der Waals surface area contributed by atoms with E-state index in [1.807, 2.05) is 20.8 Å². The van der Waals surface area contributed by atoms with E-state index >= 15 is 0 Å². The van der Waals surface area contributed by atoms with Crippen molar-refractivity contribution >= 4 is 23.7 Å². The van der Waals surface area contributed by atoms with Gasteiger partial charge in [0.2, 0.25) is 17.7 Å². The van der Waals surface area contributed by atoms with Crippen LogP contribution >= 0.6 is 0 Å². The lowest BCUT2D eigenvalue weighted by Crippen LogP contribution is -2.55. The Kier molecular flexibility index (Phi) is 11.6. The van der Waals surface area contributed by atoms with E-state index in [1.54, 1.807) is 24.3 Å². The van der Waals surface area contributed by atoms with Gasteiger partial charge in [0.25, 0.3) is 0 Å². The van der Waals surface area contributed by atoms with E-state index in [-0.39, 0.29) is 24.7 Å². The molecule has 3 amide bonds. The van der Waals surface area contributed by atoms with Gasteiger partial charge in [-0.25, -0.2) is 4.79 Å². The highest BCUT2D eigenvalue weighted by Gasteiger charge is 2.35. The van der Waals surface area contributed by atoms with Crippen LogP contribution in [0.4, 0.5) is 0 Å². The topological polar surface area (TPSA) is 137 Å². The van der Waals surface area contributed by atoms with E-state index in [0.29, 0.717) is 17.5 Å². The minimum atomic E-state index is -1.02. The van der Waals surface area contributed by atoms with Crippen LogP contribution in [0.1, 0.15) is 77.8 Å². The van der Waals surface area contributed by atoms with Crippen LogP contribution in [-0.4, -0.2) is 47.9 Å². The molecule has 0 aromatic heterocycles. The summed E-state index contributed by atoms with van der Waals surface area (Å²) in [6, 6.07) is 6.07. The number of carbonyl (C=O) groups excluding carboxylic acids is 4. The van der Waals surface area contributed by atoms with Crippen LogP contribution < -0.4 is 16.0 Å². The SMILES string of the molecule is CCCC[C@H](C)[C@@H]1CC(=O)N[C@H](Cc2ccccc2C#N)C(=O)N[C@@H](C)C(=O)N[C@H]([C@H](C)CC)C(=O)O1. The molecule has 1 heterocycles. The number of hydrogen-bond donors (Lipinski definition) is 3. The molecule has 0 radical (unpaired) electrons. The summed E-state index contributed by atoms with van der Waals surface area (Å²) in [7, 11) is 0. The fourth-order valence-electron chi connectivity index (χ4n) is 4.29. The monoisotopic (exact) mass is 512 g/mol. The van der Waals surface area contributed by atoms with Crippen molar-refractivity contribution in [2.24, 2.45) is 11.8 Å². The minimum Gasteiger partial charge on any atom is -0.460 e. The molecule has 1 saturated heterocycles. The fourth-order valence-corrected chi connectivity index (χ4v) is 4.29. The highest BCUT2D eigenvalue weighted by molar-refractivity contribution is 5.94. The molecule has 2 rings (SSSR count). The van der Waals surface area contributed by atoms with E-state index < -0.39 is 47.9 Å². The second kappa shape index (κ2) is 14.4. The standard InChI is InChI=1S/C28H40N4O5/c1-6-8-11-18(4)23-15-24(33)31-22(14-20-12-9-10-13-21(20)16-29)27(35)30-19(5)26(34)32-25(17(3)7-2)28(36)37-23/h9-10,12-13,17-19,22-23,25H,6-8,11,14-15H2,1-5H3,(H,30,35)(H,31,33)(H,32,34)/t17-,18+,19+,22-,23+,25-/m1/s1. The van der Waals surface area contributed by atoms with Gasteiger partial charge < -0.3 is 20.7 Å². The maximum absolute atomic E-state index is 13.2. The Morgan fingerprint density at radius 2 is 1.73 bits per heavy atom. The predicted molar refractivity (Wildman–Crippen MR) is 139 cm³/mol. The Bertz CT molecular complexity index is 1000. The molecular weight excluding hydrogens is 472 g/mol. The highest BCUT2D eigenvalue weighted by Crippen LogP contribution is 2.21. The number of cyclic esters (lactones) is 1. The van der Waals surface area contributed by atoms with Gasteiger partial charge in [-0.3, -0.25) is 14.4 Å². The molecule has 3 N–H and O–H groups in total. The molecule has 1 aromatic carbocycles. The summed E-state index contributed by atoms with van der Waals surface area (Å²) in [6.45, 7) is 9.27. The lowest BCUT2D eigenvalue weighted by molar-refractivity contribution is -0.158. The van der Waals surface area contributed by atoms with Crippen LogP contribution in [0.25, 0.3) is 0 Å². The van der Waals surface area contributed by atoms with Gasteiger partial charge in [-0.15, -0.1) is 0 Å². The quantitative estimate of drug-likeness (QED) is 0.458. The molecule has 6 atom stereocenters. The number of carbonyl (C=O) groups is 4. The van der Waals surface area contributed by atoms with Gasteiger partial charge in [-0.2, -0.15) is 5.26 Å². The van der Waals surface area contributed by atoms with Gasteiger partial charge in [0.05, 0.1) is 18.1 Å². The van der Waals surface area contributed by atoms with Crippen LogP contribution in [0, 0.1) is 23.2 Å². The third-order valence-corrected chi connectivity index (χ3v) is 7.03. The van der Waals surface area contributed by atoms with Gasteiger partial charge in [0.1, 0.15) is 24.2 Å². The van der Waals surface area contributed by atoms with E-state index in [0.717, 1.165) is 19.3 Å². The third-order valence-electron chi connectivity index (χ3n) is 7.03. The molecule has 202 valence electrons. The van der Waals surface area contributed by atoms with Gasteiger partial charge in [0, 0.05) is 6.42 Å². The second-order valence-corrected chi connectivity index (χ2v) is 9.99. The molecule has 9 nitrogen and oxygen atoms in total. The first-order valence-electron chi connectivity index (χ1n) is 13.2. The molecule has 9 heteroatoms. The number of unbranched alkanes of at least 4 members (excludes halogenated alkanes) is 1. The van der Waals surface area contributed by atoms with Crippen molar-refractivity contribution in [1.29, 1.82) is 5.26 Å². The number of amides is 3. The van der Waals surface area contributed by atoms with Crippen molar-refractivity contribution in [2.75, 3.05) is 0 Å². The zero-order valence-corrected chi connectivity index (χ0v) is 22.5.